The molecule has 2 aromatic rings. The summed E-state index contributed by atoms with van der Waals surface area (Å²) in [6.07, 6.45) is 8.51. The van der Waals surface area contributed by atoms with Crippen LogP contribution >= 0.6 is 23.2 Å². The van der Waals surface area contributed by atoms with Gasteiger partial charge < -0.3 is 9.30 Å². The number of unbranched alkanes of at least 4 members (excludes halogenated alkanes) is 1. The quantitative estimate of drug-likeness (QED) is 0.638. The van der Waals surface area contributed by atoms with E-state index in [0.29, 0.717) is 10.3 Å². The van der Waals surface area contributed by atoms with Gasteiger partial charge in [0.15, 0.2) is 0 Å². The number of fused-ring (bicyclic) bond motifs is 1. The Morgan fingerprint density at radius 3 is 2.87 bits per heavy atom. The first-order valence-electron chi connectivity index (χ1n) is 7.96. The third-order valence-corrected chi connectivity index (χ3v) is 4.60. The zero-order chi connectivity index (χ0) is 16.4. The molecule has 5 heteroatoms. The molecule has 1 heterocycles. The minimum Gasteiger partial charge on any atom is -0.494 e. The largest absolute Gasteiger partial charge is 0.494 e. The minimum absolute atomic E-state index is 0.118. The summed E-state index contributed by atoms with van der Waals surface area (Å²) >= 11 is 12.4. The molecule has 1 aromatic carbocycles. The van der Waals surface area contributed by atoms with E-state index in [1.807, 2.05) is 28.8 Å². The summed E-state index contributed by atoms with van der Waals surface area (Å²) in [5.41, 5.74) is 1.81. The highest BCUT2D eigenvalue weighted by molar-refractivity contribution is 6.31. The smallest absolute Gasteiger partial charge is 0.204 e. The molecule has 1 aromatic heterocycles. The van der Waals surface area contributed by atoms with Crippen LogP contribution in [0, 0.1) is 5.92 Å². The van der Waals surface area contributed by atoms with Crippen molar-refractivity contribution < 1.29 is 4.74 Å². The molecule has 0 fully saturated rings. The van der Waals surface area contributed by atoms with E-state index in [0.717, 1.165) is 36.2 Å². The molecule has 122 valence electrons. The van der Waals surface area contributed by atoms with Crippen LogP contribution < -0.4 is 0 Å². The second kappa shape index (κ2) is 6.98. The third-order valence-electron chi connectivity index (χ3n) is 4.10. The number of imidazole rings is 1. The molecule has 0 saturated heterocycles. The maximum atomic E-state index is 6.38. The van der Waals surface area contributed by atoms with Crippen molar-refractivity contribution in [2.45, 2.75) is 32.7 Å². The molecule has 23 heavy (non-hydrogen) atoms. The first-order valence-corrected chi connectivity index (χ1v) is 8.71. The van der Waals surface area contributed by atoms with E-state index in [9.17, 15) is 0 Å². The molecule has 3 rings (SSSR count). The second-order valence-electron chi connectivity index (χ2n) is 5.86. The van der Waals surface area contributed by atoms with Gasteiger partial charge in [-0.25, -0.2) is 4.98 Å². The maximum absolute atomic E-state index is 6.38. The highest BCUT2D eigenvalue weighted by atomic mass is 35.5. The van der Waals surface area contributed by atoms with Crippen molar-refractivity contribution in [2.24, 2.45) is 5.92 Å². The van der Waals surface area contributed by atoms with Gasteiger partial charge in [0, 0.05) is 10.9 Å². The van der Waals surface area contributed by atoms with Gasteiger partial charge in [-0.3, -0.25) is 0 Å². The lowest BCUT2D eigenvalue weighted by molar-refractivity contribution is 0.213. The van der Waals surface area contributed by atoms with Gasteiger partial charge >= 0.3 is 0 Å². The molecule has 2 atom stereocenters. The van der Waals surface area contributed by atoms with Gasteiger partial charge in [-0.05, 0) is 48.4 Å². The van der Waals surface area contributed by atoms with Crippen LogP contribution in [-0.2, 0) is 4.74 Å². The van der Waals surface area contributed by atoms with Crippen molar-refractivity contribution in [1.29, 1.82) is 0 Å². The standard InChI is InChI=1S/C18H20Cl2N2O/c1-3-4-9-23-14-6-8-16(12(2)10-14)22-17-7-5-13(19)11-15(17)21-18(22)20/h5-8,10-12,16H,3-4,9H2,1-2H3. The van der Waals surface area contributed by atoms with Crippen molar-refractivity contribution in [3.63, 3.8) is 0 Å². The SMILES string of the molecule is CCCCOC1=CC(C)C(n2c(Cl)nc3cc(Cl)ccc32)C=C1. The molecule has 0 spiro atoms. The molecule has 1 aliphatic rings. The molecule has 0 saturated carbocycles. The highest BCUT2D eigenvalue weighted by Gasteiger charge is 2.23. The van der Waals surface area contributed by atoms with Crippen molar-refractivity contribution in [3.05, 3.63) is 52.5 Å². The Bertz CT molecular complexity index is 764. The zero-order valence-electron chi connectivity index (χ0n) is 13.3. The Hall–Kier alpha value is -1.45. The lowest BCUT2D eigenvalue weighted by Gasteiger charge is -2.25. The van der Waals surface area contributed by atoms with Crippen LogP contribution in [0.25, 0.3) is 11.0 Å². The fraction of sp³-hybridized carbons (Fsp3) is 0.389. The lowest BCUT2D eigenvalue weighted by atomic mass is 9.96. The number of allylic oxidation sites excluding steroid dienone is 3. The number of benzene rings is 1. The van der Waals surface area contributed by atoms with Gasteiger partial charge in [-0.1, -0.05) is 37.9 Å². The highest BCUT2D eigenvalue weighted by Crippen LogP contribution is 2.34. The van der Waals surface area contributed by atoms with E-state index in [1.165, 1.54) is 0 Å². The lowest BCUT2D eigenvalue weighted by Crippen LogP contribution is -2.17. The number of nitrogens with zero attached hydrogens (tertiary/aromatic N) is 2. The first-order chi connectivity index (χ1) is 11.1. The van der Waals surface area contributed by atoms with Gasteiger partial charge in [0.25, 0.3) is 0 Å². The third kappa shape index (κ3) is 3.41. The van der Waals surface area contributed by atoms with Gasteiger partial charge in [-0.15, -0.1) is 0 Å². The summed E-state index contributed by atoms with van der Waals surface area (Å²) in [6.45, 7) is 5.08. The number of halogens is 2. The van der Waals surface area contributed by atoms with Crippen LogP contribution in [0.1, 0.15) is 32.7 Å². The molecule has 0 N–H and O–H groups in total. The Labute approximate surface area is 146 Å². The van der Waals surface area contributed by atoms with E-state index < -0.39 is 0 Å². The van der Waals surface area contributed by atoms with E-state index in [4.69, 9.17) is 27.9 Å². The molecular formula is C18H20Cl2N2O. The summed E-state index contributed by atoms with van der Waals surface area (Å²) in [7, 11) is 0. The van der Waals surface area contributed by atoms with Crippen LogP contribution in [0.5, 0.6) is 0 Å². The average molecular weight is 351 g/mol. The number of ether oxygens (including phenoxy) is 1. The number of aromatic nitrogens is 2. The Kier molecular flexibility index (Phi) is 4.98. The van der Waals surface area contributed by atoms with E-state index in [-0.39, 0.29) is 12.0 Å². The maximum Gasteiger partial charge on any atom is 0.204 e. The van der Waals surface area contributed by atoms with Gasteiger partial charge in [0.2, 0.25) is 5.28 Å². The Morgan fingerprint density at radius 1 is 1.30 bits per heavy atom. The molecule has 1 aliphatic carbocycles. The van der Waals surface area contributed by atoms with Gasteiger partial charge in [-0.2, -0.15) is 0 Å². The molecule has 2 unspecified atom stereocenters. The summed E-state index contributed by atoms with van der Waals surface area (Å²) < 4.78 is 7.84. The van der Waals surface area contributed by atoms with E-state index in [2.05, 4.69) is 31.0 Å². The predicted octanol–water partition coefficient (Wildman–Crippen LogP) is 5.79. The monoisotopic (exact) mass is 350 g/mol. The molecule has 0 bridgehead atoms. The van der Waals surface area contributed by atoms with Crippen LogP contribution in [0.15, 0.2) is 42.2 Å². The Morgan fingerprint density at radius 2 is 2.13 bits per heavy atom. The summed E-state index contributed by atoms with van der Waals surface area (Å²) in [4.78, 5) is 4.42. The van der Waals surface area contributed by atoms with Crippen molar-refractivity contribution in [2.75, 3.05) is 6.61 Å². The number of hydrogen-bond acceptors (Lipinski definition) is 2. The molecule has 0 aliphatic heterocycles. The molecular weight excluding hydrogens is 331 g/mol. The topological polar surface area (TPSA) is 27.1 Å². The minimum atomic E-state index is 0.118. The Balaban J connectivity index is 1.86. The normalized spacial score (nSPS) is 20.8. The van der Waals surface area contributed by atoms with Gasteiger partial charge in [0.1, 0.15) is 5.76 Å². The first kappa shape index (κ1) is 16.4. The van der Waals surface area contributed by atoms with Crippen molar-refractivity contribution >= 4 is 34.2 Å². The number of hydrogen-bond donors (Lipinski definition) is 0. The van der Waals surface area contributed by atoms with Crippen LogP contribution in [0.3, 0.4) is 0 Å². The van der Waals surface area contributed by atoms with E-state index >= 15 is 0 Å². The van der Waals surface area contributed by atoms with Crippen LogP contribution in [0.2, 0.25) is 10.3 Å². The zero-order valence-corrected chi connectivity index (χ0v) is 14.8. The van der Waals surface area contributed by atoms with Crippen LogP contribution in [0.4, 0.5) is 0 Å². The van der Waals surface area contributed by atoms with Crippen molar-refractivity contribution in [3.8, 4) is 0 Å². The molecule has 3 nitrogen and oxygen atoms in total. The fourth-order valence-electron chi connectivity index (χ4n) is 2.86. The van der Waals surface area contributed by atoms with Gasteiger partial charge in [0.05, 0.1) is 23.7 Å². The summed E-state index contributed by atoms with van der Waals surface area (Å²) in [5.74, 6) is 1.20. The summed E-state index contributed by atoms with van der Waals surface area (Å²) in [5, 5.41) is 1.14. The van der Waals surface area contributed by atoms with Crippen LogP contribution in [-0.4, -0.2) is 16.2 Å². The van der Waals surface area contributed by atoms with E-state index in [1.54, 1.807) is 0 Å². The fourth-order valence-corrected chi connectivity index (χ4v) is 3.32. The van der Waals surface area contributed by atoms with Crippen molar-refractivity contribution in [1.82, 2.24) is 9.55 Å². The molecule has 0 amide bonds. The molecule has 0 radical (unpaired) electrons. The number of rotatable bonds is 5. The predicted molar refractivity (Wildman–Crippen MR) is 96.0 cm³/mol. The average Bonchev–Trinajstić information content (AvgIpc) is 2.83. The summed E-state index contributed by atoms with van der Waals surface area (Å²) in [6, 6.07) is 5.79. The second-order valence-corrected chi connectivity index (χ2v) is 6.64.